The van der Waals surface area contributed by atoms with E-state index in [4.69, 9.17) is 5.53 Å². The summed E-state index contributed by atoms with van der Waals surface area (Å²) in [4.78, 5) is 13.5. The summed E-state index contributed by atoms with van der Waals surface area (Å²) >= 11 is 0. The molecule has 0 saturated heterocycles. The Morgan fingerprint density at radius 1 is 1.40 bits per heavy atom. The van der Waals surface area contributed by atoms with E-state index in [2.05, 4.69) is 20.3 Å². The summed E-state index contributed by atoms with van der Waals surface area (Å²) in [6.45, 7) is 0. The summed E-state index contributed by atoms with van der Waals surface area (Å²) < 4.78 is 38.7. The maximum absolute atomic E-state index is 12.6. The van der Waals surface area contributed by atoms with Gasteiger partial charge in [0.25, 0.3) is 5.91 Å². The standard InChI is InChI=1S/C10H5F3N6O/c11-10(12,13)6-2-1-3-7(4-6)19-5-8(15-18-19)9(20)16-17-14/h1-5H. The third kappa shape index (κ3) is 2.75. The Balaban J connectivity index is 2.38. The van der Waals surface area contributed by atoms with Gasteiger partial charge < -0.3 is 0 Å². The van der Waals surface area contributed by atoms with Gasteiger partial charge in [-0.25, -0.2) is 4.68 Å². The number of benzene rings is 1. The van der Waals surface area contributed by atoms with Crippen molar-refractivity contribution in [3.63, 3.8) is 0 Å². The van der Waals surface area contributed by atoms with Gasteiger partial charge in [-0.05, 0) is 28.8 Å². The molecule has 102 valence electrons. The maximum Gasteiger partial charge on any atom is 0.416 e. The fourth-order valence-electron chi connectivity index (χ4n) is 1.40. The van der Waals surface area contributed by atoms with Crippen molar-refractivity contribution < 1.29 is 18.0 Å². The number of azide groups is 1. The summed E-state index contributed by atoms with van der Waals surface area (Å²) in [5.74, 6) is -0.967. The largest absolute Gasteiger partial charge is 0.416 e. The van der Waals surface area contributed by atoms with E-state index in [1.165, 1.54) is 12.1 Å². The van der Waals surface area contributed by atoms with Crippen molar-refractivity contribution in [2.75, 3.05) is 0 Å². The van der Waals surface area contributed by atoms with Crippen LogP contribution in [0.25, 0.3) is 16.1 Å². The van der Waals surface area contributed by atoms with Crippen LogP contribution < -0.4 is 0 Å². The minimum absolute atomic E-state index is 0.0762. The van der Waals surface area contributed by atoms with Crippen molar-refractivity contribution >= 4 is 5.91 Å². The van der Waals surface area contributed by atoms with Gasteiger partial charge in [0.05, 0.1) is 17.4 Å². The number of carbonyl (C=O) groups excluding carboxylic acids is 1. The first-order valence-electron chi connectivity index (χ1n) is 5.11. The molecule has 1 heterocycles. The summed E-state index contributed by atoms with van der Waals surface area (Å²) in [6.07, 6.45) is -3.41. The van der Waals surface area contributed by atoms with E-state index < -0.39 is 17.6 Å². The second-order valence-corrected chi connectivity index (χ2v) is 3.59. The van der Waals surface area contributed by atoms with Crippen LogP contribution in [0.5, 0.6) is 0 Å². The number of alkyl halides is 3. The van der Waals surface area contributed by atoms with Crippen LogP contribution in [0.1, 0.15) is 16.1 Å². The predicted molar refractivity (Wildman–Crippen MR) is 59.8 cm³/mol. The number of hydrogen-bond donors (Lipinski definition) is 0. The van der Waals surface area contributed by atoms with Crippen molar-refractivity contribution in [1.29, 1.82) is 0 Å². The second kappa shape index (κ2) is 5.02. The van der Waals surface area contributed by atoms with E-state index in [9.17, 15) is 18.0 Å². The molecule has 0 unspecified atom stereocenters. The van der Waals surface area contributed by atoms with Gasteiger partial charge in [0.2, 0.25) is 0 Å². The van der Waals surface area contributed by atoms with Crippen LogP contribution in [-0.4, -0.2) is 20.9 Å². The fourth-order valence-corrected chi connectivity index (χ4v) is 1.40. The first kappa shape index (κ1) is 13.6. The van der Waals surface area contributed by atoms with E-state index in [0.29, 0.717) is 0 Å². The van der Waals surface area contributed by atoms with Crippen LogP contribution in [-0.2, 0) is 6.18 Å². The van der Waals surface area contributed by atoms with Gasteiger partial charge in [0.15, 0.2) is 5.69 Å². The van der Waals surface area contributed by atoms with Crippen LogP contribution in [0, 0.1) is 0 Å². The highest BCUT2D eigenvalue weighted by atomic mass is 19.4. The zero-order valence-corrected chi connectivity index (χ0v) is 9.61. The Morgan fingerprint density at radius 2 is 2.15 bits per heavy atom. The van der Waals surface area contributed by atoms with Crippen LogP contribution >= 0.6 is 0 Å². The Hall–Kier alpha value is -2.87. The van der Waals surface area contributed by atoms with Gasteiger partial charge in [-0.2, -0.15) is 13.2 Å². The topological polar surface area (TPSA) is 96.5 Å². The summed E-state index contributed by atoms with van der Waals surface area (Å²) in [7, 11) is 0. The molecule has 0 aliphatic heterocycles. The summed E-state index contributed by atoms with van der Waals surface area (Å²) in [6, 6.07) is 4.34. The molecule has 2 rings (SSSR count). The summed E-state index contributed by atoms with van der Waals surface area (Å²) in [5, 5.41) is 9.73. The molecule has 0 saturated carbocycles. The Kier molecular flexibility index (Phi) is 3.40. The summed E-state index contributed by atoms with van der Waals surface area (Å²) in [5.41, 5.74) is 7.06. The molecule has 0 N–H and O–H groups in total. The number of nitrogens with zero attached hydrogens (tertiary/aromatic N) is 6. The average Bonchev–Trinajstić information content (AvgIpc) is 2.88. The molecule has 1 aromatic carbocycles. The number of rotatable bonds is 2. The lowest BCUT2D eigenvalue weighted by Gasteiger charge is -2.07. The second-order valence-electron chi connectivity index (χ2n) is 3.59. The molecular weight excluding hydrogens is 277 g/mol. The Bertz CT molecular complexity index is 701. The zero-order valence-electron chi connectivity index (χ0n) is 9.61. The highest BCUT2D eigenvalue weighted by Crippen LogP contribution is 2.30. The molecule has 0 aliphatic rings. The first-order valence-corrected chi connectivity index (χ1v) is 5.11. The van der Waals surface area contributed by atoms with Gasteiger partial charge in [-0.15, -0.1) is 5.10 Å². The monoisotopic (exact) mass is 282 g/mol. The maximum atomic E-state index is 12.6. The predicted octanol–water partition coefficient (Wildman–Crippen LogP) is 2.74. The first-order chi connectivity index (χ1) is 9.41. The van der Waals surface area contributed by atoms with Gasteiger partial charge in [-0.1, -0.05) is 11.3 Å². The fraction of sp³-hybridized carbons (Fsp3) is 0.100. The van der Waals surface area contributed by atoms with Crippen molar-refractivity contribution in [2.45, 2.75) is 6.18 Å². The third-order valence-electron chi connectivity index (χ3n) is 2.29. The SMILES string of the molecule is [N-]=[N+]=NC(=O)c1cn(-c2cccc(C(F)(F)F)c2)nn1. The van der Waals surface area contributed by atoms with E-state index in [-0.39, 0.29) is 11.4 Å². The molecule has 0 atom stereocenters. The van der Waals surface area contributed by atoms with Crippen molar-refractivity contribution in [3.8, 4) is 5.69 Å². The molecule has 1 aromatic heterocycles. The van der Waals surface area contributed by atoms with Crippen molar-refractivity contribution in [3.05, 3.63) is 52.2 Å². The molecule has 20 heavy (non-hydrogen) atoms. The number of hydrogen-bond acceptors (Lipinski definition) is 3. The lowest BCUT2D eigenvalue weighted by molar-refractivity contribution is -0.137. The average molecular weight is 282 g/mol. The van der Waals surface area contributed by atoms with Crippen LogP contribution in [0.3, 0.4) is 0 Å². The quantitative estimate of drug-likeness (QED) is 0.481. The zero-order chi connectivity index (χ0) is 14.8. The van der Waals surface area contributed by atoms with Crippen LogP contribution in [0.15, 0.2) is 35.6 Å². The number of amides is 1. The van der Waals surface area contributed by atoms with Crippen LogP contribution in [0.4, 0.5) is 13.2 Å². The number of aromatic nitrogens is 3. The molecule has 10 heteroatoms. The normalized spacial score (nSPS) is 10.9. The van der Waals surface area contributed by atoms with Gasteiger partial charge in [-0.3, -0.25) is 4.79 Å². The molecule has 0 aliphatic carbocycles. The van der Waals surface area contributed by atoms with E-state index in [1.807, 2.05) is 0 Å². The molecule has 7 nitrogen and oxygen atoms in total. The van der Waals surface area contributed by atoms with Crippen LogP contribution in [0.2, 0.25) is 0 Å². The minimum Gasteiger partial charge on any atom is -0.285 e. The lowest BCUT2D eigenvalue weighted by Crippen LogP contribution is -2.06. The van der Waals surface area contributed by atoms with Crippen molar-refractivity contribution in [1.82, 2.24) is 15.0 Å². The molecule has 2 aromatic rings. The molecular formula is C10H5F3N6O. The lowest BCUT2D eigenvalue weighted by atomic mass is 10.2. The molecule has 0 bridgehead atoms. The molecule has 0 radical (unpaired) electrons. The number of halogens is 3. The van der Waals surface area contributed by atoms with E-state index >= 15 is 0 Å². The van der Waals surface area contributed by atoms with Gasteiger partial charge >= 0.3 is 6.18 Å². The van der Waals surface area contributed by atoms with E-state index in [1.54, 1.807) is 0 Å². The van der Waals surface area contributed by atoms with Gasteiger partial charge in [0.1, 0.15) is 0 Å². The minimum atomic E-state index is -4.49. The molecule has 1 amide bonds. The van der Waals surface area contributed by atoms with Crippen molar-refractivity contribution in [2.24, 2.45) is 5.11 Å². The highest BCUT2D eigenvalue weighted by Gasteiger charge is 2.30. The Labute approximate surface area is 109 Å². The highest BCUT2D eigenvalue weighted by molar-refractivity contribution is 5.92. The van der Waals surface area contributed by atoms with E-state index in [0.717, 1.165) is 23.0 Å². The molecule has 0 fully saturated rings. The Morgan fingerprint density at radius 3 is 2.80 bits per heavy atom. The third-order valence-corrected chi connectivity index (χ3v) is 2.29. The molecule has 0 spiro atoms. The van der Waals surface area contributed by atoms with Gasteiger partial charge in [0, 0.05) is 4.91 Å². The smallest absolute Gasteiger partial charge is 0.285 e. The number of carbonyl (C=O) groups is 1.